The maximum atomic E-state index is 11.9. The van der Waals surface area contributed by atoms with Gasteiger partial charge in [-0.25, -0.2) is 9.78 Å². The fraction of sp³-hybridized carbons (Fsp3) is 0.500. The summed E-state index contributed by atoms with van der Waals surface area (Å²) in [6.45, 7) is 4.75. The van der Waals surface area contributed by atoms with Gasteiger partial charge in [-0.3, -0.25) is 4.79 Å². The number of carbonyl (C=O) groups excluding carboxylic acids is 1. The molecule has 1 aromatic heterocycles. The molecule has 0 bridgehead atoms. The average Bonchev–Trinajstić information content (AvgIpc) is 2.62. The molecule has 5 nitrogen and oxygen atoms in total. The lowest BCUT2D eigenvalue weighted by molar-refractivity contribution is -0.147. The Morgan fingerprint density at radius 1 is 1.50 bits per heavy atom. The lowest BCUT2D eigenvalue weighted by Gasteiger charge is -2.30. The Morgan fingerprint density at radius 3 is 2.44 bits per heavy atom. The summed E-state index contributed by atoms with van der Waals surface area (Å²) in [4.78, 5) is 28.1. The summed E-state index contributed by atoms with van der Waals surface area (Å²) < 4.78 is 0. The lowest BCUT2D eigenvalue weighted by atomic mass is 10.0. The van der Waals surface area contributed by atoms with Crippen molar-refractivity contribution < 1.29 is 14.7 Å². The fourth-order valence-electron chi connectivity index (χ4n) is 1.03. The number of hydrogen-bond donors (Lipinski definition) is 1. The van der Waals surface area contributed by atoms with E-state index in [9.17, 15) is 9.59 Å². The standard InChI is InChI=1S/C10H14N2O3S/c1-6-11-7(5-16-6)8(13)12(4)10(2,3)9(14)15/h5H,1-4H3,(H,14,15). The van der Waals surface area contributed by atoms with Crippen LogP contribution in [0.1, 0.15) is 29.3 Å². The number of carboxylic acids is 1. The molecule has 0 radical (unpaired) electrons. The SMILES string of the molecule is Cc1nc(C(=O)N(C)C(C)(C)C(=O)O)cs1. The Hall–Kier alpha value is -1.43. The molecule has 0 aliphatic heterocycles. The monoisotopic (exact) mass is 242 g/mol. The summed E-state index contributed by atoms with van der Waals surface area (Å²) in [5.74, 6) is -1.42. The summed E-state index contributed by atoms with van der Waals surface area (Å²) in [6.07, 6.45) is 0. The van der Waals surface area contributed by atoms with Gasteiger partial charge in [0, 0.05) is 12.4 Å². The predicted molar refractivity (Wildman–Crippen MR) is 60.7 cm³/mol. The third kappa shape index (κ3) is 2.21. The van der Waals surface area contributed by atoms with Crippen LogP contribution in [-0.4, -0.2) is 39.5 Å². The van der Waals surface area contributed by atoms with E-state index >= 15 is 0 Å². The van der Waals surface area contributed by atoms with Crippen LogP contribution in [0.5, 0.6) is 0 Å². The summed E-state index contributed by atoms with van der Waals surface area (Å²) >= 11 is 1.36. The summed E-state index contributed by atoms with van der Waals surface area (Å²) in [7, 11) is 1.46. The number of likely N-dealkylation sites (N-methyl/N-ethyl adjacent to an activating group) is 1. The number of carbonyl (C=O) groups is 2. The number of thiazole rings is 1. The van der Waals surface area contributed by atoms with Crippen LogP contribution in [0, 0.1) is 6.92 Å². The highest BCUT2D eigenvalue weighted by Crippen LogP contribution is 2.17. The smallest absolute Gasteiger partial charge is 0.329 e. The third-order valence-electron chi connectivity index (χ3n) is 2.50. The Balaban J connectivity index is 2.95. The highest BCUT2D eigenvalue weighted by Gasteiger charge is 2.36. The van der Waals surface area contributed by atoms with Crippen LogP contribution in [0.4, 0.5) is 0 Å². The quantitative estimate of drug-likeness (QED) is 0.869. The summed E-state index contributed by atoms with van der Waals surface area (Å²) in [6, 6.07) is 0. The number of carboxylic acid groups (broad SMARTS) is 1. The van der Waals surface area contributed by atoms with E-state index < -0.39 is 11.5 Å². The molecule has 0 fully saturated rings. The molecule has 0 saturated heterocycles. The van der Waals surface area contributed by atoms with Crippen LogP contribution in [-0.2, 0) is 4.79 Å². The molecular weight excluding hydrogens is 228 g/mol. The normalized spacial score (nSPS) is 11.2. The van der Waals surface area contributed by atoms with Crippen LogP contribution >= 0.6 is 11.3 Å². The van der Waals surface area contributed by atoms with Crippen LogP contribution in [0.2, 0.25) is 0 Å². The van der Waals surface area contributed by atoms with E-state index in [2.05, 4.69) is 4.98 Å². The van der Waals surface area contributed by atoms with E-state index in [1.54, 1.807) is 12.3 Å². The first-order valence-corrected chi connectivity index (χ1v) is 5.58. The fourth-order valence-corrected chi connectivity index (χ4v) is 1.62. The van der Waals surface area contributed by atoms with Crippen LogP contribution < -0.4 is 0 Å². The second kappa shape index (κ2) is 4.21. The van der Waals surface area contributed by atoms with Gasteiger partial charge in [0.05, 0.1) is 5.01 Å². The zero-order chi connectivity index (χ0) is 12.5. The molecule has 0 aliphatic rings. The summed E-state index contributed by atoms with van der Waals surface area (Å²) in [5, 5.41) is 11.4. The highest BCUT2D eigenvalue weighted by molar-refractivity contribution is 7.09. The van der Waals surface area contributed by atoms with Gasteiger partial charge < -0.3 is 10.0 Å². The molecule has 0 saturated carbocycles. The van der Waals surface area contributed by atoms with Gasteiger partial charge in [-0.15, -0.1) is 11.3 Å². The van der Waals surface area contributed by atoms with Crippen molar-refractivity contribution in [3.63, 3.8) is 0 Å². The van der Waals surface area contributed by atoms with Gasteiger partial charge in [-0.05, 0) is 20.8 Å². The van der Waals surface area contributed by atoms with Gasteiger partial charge >= 0.3 is 5.97 Å². The van der Waals surface area contributed by atoms with E-state index in [4.69, 9.17) is 5.11 Å². The van der Waals surface area contributed by atoms with Crippen molar-refractivity contribution >= 4 is 23.2 Å². The number of rotatable bonds is 3. The zero-order valence-corrected chi connectivity index (χ0v) is 10.5. The van der Waals surface area contributed by atoms with Gasteiger partial charge in [-0.1, -0.05) is 0 Å². The molecule has 0 aliphatic carbocycles. The van der Waals surface area contributed by atoms with Gasteiger partial charge in [0.1, 0.15) is 11.2 Å². The van der Waals surface area contributed by atoms with Crippen molar-refractivity contribution in [2.45, 2.75) is 26.3 Å². The molecular formula is C10H14N2O3S. The van der Waals surface area contributed by atoms with Crippen molar-refractivity contribution in [1.82, 2.24) is 9.88 Å². The predicted octanol–water partition coefficient (Wildman–Crippen LogP) is 1.39. The molecule has 0 spiro atoms. The minimum atomic E-state index is -1.24. The molecule has 1 N–H and O–H groups in total. The molecule has 1 heterocycles. The molecule has 1 aromatic rings. The minimum absolute atomic E-state index is 0.291. The first kappa shape index (κ1) is 12.6. The number of aryl methyl sites for hydroxylation is 1. The second-order valence-corrected chi connectivity index (χ2v) is 5.04. The van der Waals surface area contributed by atoms with Gasteiger partial charge in [0.2, 0.25) is 0 Å². The number of aromatic nitrogens is 1. The molecule has 16 heavy (non-hydrogen) atoms. The first-order chi connectivity index (χ1) is 7.26. The lowest BCUT2D eigenvalue weighted by Crippen LogP contribution is -2.50. The Labute approximate surface area is 97.7 Å². The molecule has 0 unspecified atom stereocenters. The van der Waals surface area contributed by atoms with E-state index in [0.717, 1.165) is 5.01 Å². The number of aliphatic carboxylic acids is 1. The van der Waals surface area contributed by atoms with Crippen molar-refractivity contribution in [1.29, 1.82) is 0 Å². The van der Waals surface area contributed by atoms with Crippen molar-refractivity contribution in [3.8, 4) is 0 Å². The topological polar surface area (TPSA) is 70.5 Å². The van der Waals surface area contributed by atoms with Crippen LogP contribution in [0.3, 0.4) is 0 Å². The summed E-state index contributed by atoms with van der Waals surface area (Å²) in [5.41, 5.74) is -0.950. The Kier molecular flexibility index (Phi) is 3.32. The third-order valence-corrected chi connectivity index (χ3v) is 3.28. The Bertz CT molecular complexity index is 425. The highest BCUT2D eigenvalue weighted by atomic mass is 32.1. The van der Waals surface area contributed by atoms with E-state index in [1.807, 2.05) is 0 Å². The van der Waals surface area contributed by atoms with Crippen molar-refractivity contribution in [3.05, 3.63) is 16.1 Å². The van der Waals surface area contributed by atoms with Gasteiger partial charge in [0.15, 0.2) is 0 Å². The zero-order valence-electron chi connectivity index (χ0n) is 9.64. The van der Waals surface area contributed by atoms with E-state index in [0.29, 0.717) is 5.69 Å². The van der Waals surface area contributed by atoms with Gasteiger partial charge in [0.25, 0.3) is 5.91 Å². The van der Waals surface area contributed by atoms with Crippen molar-refractivity contribution in [2.24, 2.45) is 0 Å². The molecule has 0 atom stereocenters. The Morgan fingerprint density at radius 2 is 2.06 bits per heavy atom. The average molecular weight is 242 g/mol. The maximum absolute atomic E-state index is 11.9. The number of nitrogens with zero attached hydrogens (tertiary/aromatic N) is 2. The maximum Gasteiger partial charge on any atom is 0.329 e. The number of hydrogen-bond acceptors (Lipinski definition) is 4. The second-order valence-electron chi connectivity index (χ2n) is 3.98. The largest absolute Gasteiger partial charge is 0.480 e. The molecule has 1 amide bonds. The van der Waals surface area contributed by atoms with E-state index in [-0.39, 0.29) is 5.91 Å². The van der Waals surface area contributed by atoms with Crippen molar-refractivity contribution in [2.75, 3.05) is 7.05 Å². The minimum Gasteiger partial charge on any atom is -0.480 e. The van der Waals surface area contributed by atoms with E-state index in [1.165, 1.54) is 37.1 Å². The molecule has 0 aromatic carbocycles. The molecule has 1 rings (SSSR count). The van der Waals surface area contributed by atoms with Gasteiger partial charge in [-0.2, -0.15) is 0 Å². The van der Waals surface area contributed by atoms with Crippen LogP contribution in [0.25, 0.3) is 0 Å². The number of amides is 1. The van der Waals surface area contributed by atoms with Crippen LogP contribution in [0.15, 0.2) is 5.38 Å². The first-order valence-electron chi connectivity index (χ1n) is 4.70. The molecule has 6 heteroatoms. The molecule has 88 valence electrons.